The predicted molar refractivity (Wildman–Crippen MR) is 107 cm³/mol. The Hall–Kier alpha value is -3.26. The van der Waals surface area contributed by atoms with Crippen LogP contribution in [0.2, 0.25) is 5.02 Å². The molecule has 2 N–H and O–H groups in total. The number of amides is 1. The van der Waals surface area contributed by atoms with Crippen molar-refractivity contribution in [2.24, 2.45) is 0 Å². The average Bonchev–Trinajstić information content (AvgIpc) is 2.68. The van der Waals surface area contributed by atoms with Gasteiger partial charge >= 0.3 is 6.01 Å². The van der Waals surface area contributed by atoms with Crippen molar-refractivity contribution in [2.45, 2.75) is 13.8 Å². The summed E-state index contributed by atoms with van der Waals surface area (Å²) < 4.78 is 32.4. The molecule has 6 nitrogen and oxygen atoms in total. The van der Waals surface area contributed by atoms with Crippen molar-refractivity contribution in [1.82, 2.24) is 9.97 Å². The van der Waals surface area contributed by atoms with Crippen LogP contribution in [-0.2, 0) is 0 Å². The number of ether oxygens (including phenoxy) is 1. The molecule has 0 aliphatic carbocycles. The number of aromatic nitrogens is 2. The van der Waals surface area contributed by atoms with Crippen LogP contribution in [0.5, 0.6) is 6.01 Å². The van der Waals surface area contributed by atoms with Gasteiger partial charge in [0.05, 0.1) is 41.0 Å². The summed E-state index contributed by atoms with van der Waals surface area (Å²) in [5, 5.41) is 5.42. The maximum atomic E-state index is 14.1. The summed E-state index contributed by atoms with van der Waals surface area (Å²) in [5.41, 5.74) is 2.22. The van der Waals surface area contributed by atoms with E-state index in [1.165, 1.54) is 37.6 Å². The van der Waals surface area contributed by atoms with Gasteiger partial charge in [-0.1, -0.05) is 11.6 Å². The maximum absolute atomic E-state index is 14.1. The molecule has 0 aliphatic rings. The zero-order chi connectivity index (χ0) is 21.1. The van der Waals surface area contributed by atoms with Gasteiger partial charge in [-0.2, -0.15) is 4.98 Å². The SMILES string of the molecule is COc1ncc(NC(=O)c2cc(Cl)c(F)cc2Nc2ccc(F)cc2C)c(C)n1. The van der Waals surface area contributed by atoms with Crippen molar-refractivity contribution in [3.63, 3.8) is 0 Å². The molecule has 0 saturated heterocycles. The highest BCUT2D eigenvalue weighted by Gasteiger charge is 2.18. The molecule has 0 spiro atoms. The molecule has 1 amide bonds. The van der Waals surface area contributed by atoms with Crippen LogP contribution >= 0.6 is 11.6 Å². The van der Waals surface area contributed by atoms with E-state index in [1.807, 2.05) is 0 Å². The molecule has 2 aromatic carbocycles. The number of hydrogen-bond acceptors (Lipinski definition) is 5. The zero-order valence-electron chi connectivity index (χ0n) is 15.8. The number of carbonyl (C=O) groups excluding carboxylic acids is 1. The van der Waals surface area contributed by atoms with Gasteiger partial charge in [0.2, 0.25) is 0 Å². The van der Waals surface area contributed by atoms with Gasteiger partial charge in [0.25, 0.3) is 5.91 Å². The van der Waals surface area contributed by atoms with E-state index in [1.54, 1.807) is 13.8 Å². The van der Waals surface area contributed by atoms with Crippen LogP contribution in [0, 0.1) is 25.5 Å². The summed E-state index contributed by atoms with van der Waals surface area (Å²) in [4.78, 5) is 20.9. The molecular weight excluding hydrogens is 402 g/mol. The molecule has 150 valence electrons. The van der Waals surface area contributed by atoms with Crippen molar-refractivity contribution >= 4 is 34.6 Å². The highest BCUT2D eigenvalue weighted by atomic mass is 35.5. The van der Waals surface area contributed by atoms with E-state index in [2.05, 4.69) is 20.6 Å². The Bertz CT molecular complexity index is 1090. The van der Waals surface area contributed by atoms with Gasteiger partial charge < -0.3 is 15.4 Å². The van der Waals surface area contributed by atoms with Gasteiger partial charge in [-0.15, -0.1) is 0 Å². The first-order valence-corrected chi connectivity index (χ1v) is 8.87. The van der Waals surface area contributed by atoms with Crippen LogP contribution in [0.1, 0.15) is 21.6 Å². The van der Waals surface area contributed by atoms with Crippen LogP contribution in [0.3, 0.4) is 0 Å². The minimum Gasteiger partial charge on any atom is -0.467 e. The van der Waals surface area contributed by atoms with E-state index >= 15 is 0 Å². The fourth-order valence-electron chi connectivity index (χ4n) is 2.61. The van der Waals surface area contributed by atoms with Crippen LogP contribution in [0.25, 0.3) is 0 Å². The van der Waals surface area contributed by atoms with E-state index in [4.69, 9.17) is 16.3 Å². The normalized spacial score (nSPS) is 10.6. The number of anilines is 3. The van der Waals surface area contributed by atoms with E-state index < -0.39 is 17.5 Å². The quantitative estimate of drug-likeness (QED) is 0.607. The molecule has 1 heterocycles. The van der Waals surface area contributed by atoms with Crippen LogP contribution < -0.4 is 15.4 Å². The molecule has 3 rings (SSSR count). The number of nitrogens with zero attached hydrogens (tertiary/aromatic N) is 2. The van der Waals surface area contributed by atoms with Crippen molar-refractivity contribution in [1.29, 1.82) is 0 Å². The Balaban J connectivity index is 1.95. The molecule has 9 heteroatoms. The average molecular weight is 419 g/mol. The number of methoxy groups -OCH3 is 1. The number of nitrogens with one attached hydrogen (secondary N) is 2. The van der Waals surface area contributed by atoms with Crippen molar-refractivity contribution in [3.8, 4) is 6.01 Å². The largest absolute Gasteiger partial charge is 0.467 e. The Morgan fingerprint density at radius 1 is 1.10 bits per heavy atom. The van der Waals surface area contributed by atoms with Crippen LogP contribution in [0.15, 0.2) is 36.5 Å². The smallest absolute Gasteiger partial charge is 0.316 e. The third kappa shape index (κ3) is 4.60. The highest BCUT2D eigenvalue weighted by Crippen LogP contribution is 2.29. The molecule has 0 aliphatic heterocycles. The van der Waals surface area contributed by atoms with Crippen molar-refractivity contribution in [2.75, 3.05) is 17.7 Å². The molecule has 1 aromatic heterocycles. The topological polar surface area (TPSA) is 76.1 Å². The van der Waals surface area contributed by atoms with Gasteiger partial charge in [-0.25, -0.2) is 13.8 Å². The van der Waals surface area contributed by atoms with Crippen LogP contribution in [0.4, 0.5) is 25.8 Å². The molecule has 0 saturated carbocycles. The fraction of sp³-hybridized carbons (Fsp3) is 0.150. The molecule has 0 atom stereocenters. The molecule has 0 fully saturated rings. The third-order valence-electron chi connectivity index (χ3n) is 4.15. The first kappa shape index (κ1) is 20.5. The molecule has 0 unspecified atom stereocenters. The number of halogens is 3. The van der Waals surface area contributed by atoms with E-state index in [9.17, 15) is 13.6 Å². The number of hydrogen-bond donors (Lipinski definition) is 2. The fourth-order valence-corrected chi connectivity index (χ4v) is 2.77. The number of benzene rings is 2. The summed E-state index contributed by atoms with van der Waals surface area (Å²) in [6.07, 6.45) is 1.40. The zero-order valence-corrected chi connectivity index (χ0v) is 16.6. The maximum Gasteiger partial charge on any atom is 0.316 e. The van der Waals surface area contributed by atoms with Gasteiger partial charge in [-0.3, -0.25) is 4.79 Å². The Morgan fingerprint density at radius 2 is 1.86 bits per heavy atom. The lowest BCUT2D eigenvalue weighted by Crippen LogP contribution is -2.16. The molecular formula is C20H17ClF2N4O2. The molecule has 0 radical (unpaired) electrons. The first-order chi connectivity index (χ1) is 13.8. The highest BCUT2D eigenvalue weighted by molar-refractivity contribution is 6.31. The summed E-state index contributed by atoms with van der Waals surface area (Å²) in [7, 11) is 1.43. The second-order valence-electron chi connectivity index (χ2n) is 6.21. The van der Waals surface area contributed by atoms with Crippen LogP contribution in [-0.4, -0.2) is 23.0 Å². The minimum absolute atomic E-state index is 0.0929. The van der Waals surface area contributed by atoms with Gasteiger partial charge in [-0.05, 0) is 49.7 Å². The Kier molecular flexibility index (Phi) is 5.93. The predicted octanol–water partition coefficient (Wildman–Crippen LogP) is 5.03. The lowest BCUT2D eigenvalue weighted by Gasteiger charge is -2.15. The third-order valence-corrected chi connectivity index (χ3v) is 4.44. The second kappa shape index (κ2) is 8.40. The second-order valence-corrected chi connectivity index (χ2v) is 6.61. The van der Waals surface area contributed by atoms with E-state index in [0.29, 0.717) is 22.6 Å². The van der Waals surface area contributed by atoms with Gasteiger partial charge in [0, 0.05) is 5.69 Å². The standard InChI is InChI=1S/C20H17ClF2N4O2/c1-10-6-12(22)4-5-16(10)26-17-8-15(23)14(21)7-13(17)19(28)27-18-9-24-20(29-3)25-11(18)2/h4-9,26H,1-3H3,(H,27,28). The first-order valence-electron chi connectivity index (χ1n) is 8.49. The van der Waals surface area contributed by atoms with E-state index in [0.717, 1.165) is 6.07 Å². The lowest BCUT2D eigenvalue weighted by molar-refractivity contribution is 0.102. The summed E-state index contributed by atoms with van der Waals surface area (Å²) in [6.45, 7) is 3.37. The summed E-state index contributed by atoms with van der Waals surface area (Å²) >= 11 is 5.89. The summed E-state index contributed by atoms with van der Waals surface area (Å²) in [6, 6.07) is 6.58. The van der Waals surface area contributed by atoms with Gasteiger partial charge in [0.15, 0.2) is 0 Å². The summed E-state index contributed by atoms with van der Waals surface area (Å²) in [5.74, 6) is -1.65. The molecule has 29 heavy (non-hydrogen) atoms. The lowest BCUT2D eigenvalue weighted by atomic mass is 10.1. The van der Waals surface area contributed by atoms with Crippen molar-refractivity contribution < 1.29 is 18.3 Å². The monoisotopic (exact) mass is 418 g/mol. The number of aryl methyl sites for hydroxylation is 2. The van der Waals surface area contributed by atoms with Crippen molar-refractivity contribution in [3.05, 3.63) is 70.0 Å². The Morgan fingerprint density at radius 3 is 2.52 bits per heavy atom. The number of rotatable bonds is 5. The van der Waals surface area contributed by atoms with Gasteiger partial charge in [0.1, 0.15) is 11.6 Å². The molecule has 3 aromatic rings. The Labute approximate surface area is 170 Å². The van der Waals surface area contributed by atoms with E-state index in [-0.39, 0.29) is 22.3 Å². The molecule has 0 bridgehead atoms. The number of carbonyl (C=O) groups is 1. The minimum atomic E-state index is -0.700.